The van der Waals surface area contributed by atoms with E-state index in [4.69, 9.17) is 11.6 Å². The molecule has 2 rings (SSSR count). The summed E-state index contributed by atoms with van der Waals surface area (Å²) in [5.41, 5.74) is 2.19. The highest BCUT2D eigenvalue weighted by Crippen LogP contribution is 2.28. The van der Waals surface area contributed by atoms with E-state index in [1.807, 2.05) is 24.4 Å². The number of hydrogen-bond acceptors (Lipinski definition) is 1. The fraction of sp³-hybridized carbons (Fsp3) is 0.385. The molecule has 1 heterocycles. The molecule has 0 spiro atoms. The van der Waals surface area contributed by atoms with Gasteiger partial charge in [-0.05, 0) is 29.5 Å². The summed E-state index contributed by atoms with van der Waals surface area (Å²) in [6.07, 6.45) is 2.85. The highest BCUT2D eigenvalue weighted by molar-refractivity contribution is 6.31. The lowest BCUT2D eigenvalue weighted by Gasteiger charge is -2.20. The molecule has 3 heteroatoms. The molecule has 0 saturated carbocycles. The smallest absolute Gasteiger partial charge is 0.0485 e. The maximum atomic E-state index is 9.28. The molecule has 1 aromatic carbocycles. The van der Waals surface area contributed by atoms with Gasteiger partial charge in [-0.2, -0.15) is 0 Å². The zero-order chi connectivity index (χ0) is 11.8. The van der Waals surface area contributed by atoms with Crippen molar-refractivity contribution in [3.8, 4) is 0 Å². The Kier molecular flexibility index (Phi) is 2.96. The van der Waals surface area contributed by atoms with Crippen LogP contribution in [0.5, 0.6) is 0 Å². The Morgan fingerprint density at radius 1 is 1.38 bits per heavy atom. The third-order valence-corrected chi connectivity index (χ3v) is 3.06. The van der Waals surface area contributed by atoms with E-state index in [0.29, 0.717) is 0 Å². The lowest BCUT2D eigenvalue weighted by molar-refractivity contribution is 0.160. The largest absolute Gasteiger partial charge is 0.396 e. The van der Waals surface area contributed by atoms with E-state index in [1.54, 1.807) is 0 Å². The van der Waals surface area contributed by atoms with Crippen molar-refractivity contribution >= 4 is 22.5 Å². The number of aliphatic hydroxyl groups excluding tert-OH is 1. The summed E-state index contributed by atoms with van der Waals surface area (Å²) in [5, 5.41) is 11.2. The molecule has 2 aromatic rings. The van der Waals surface area contributed by atoms with Crippen LogP contribution < -0.4 is 0 Å². The van der Waals surface area contributed by atoms with Crippen molar-refractivity contribution in [1.82, 2.24) is 4.98 Å². The predicted molar refractivity (Wildman–Crippen MR) is 67.9 cm³/mol. The van der Waals surface area contributed by atoms with Crippen molar-refractivity contribution in [2.75, 3.05) is 6.61 Å². The summed E-state index contributed by atoms with van der Waals surface area (Å²) in [6.45, 7) is 4.30. The molecule has 1 aromatic heterocycles. The number of fused-ring (bicyclic) bond motifs is 1. The quantitative estimate of drug-likeness (QED) is 0.844. The third-order valence-electron chi connectivity index (χ3n) is 2.83. The number of benzene rings is 1. The molecule has 0 aliphatic carbocycles. The second kappa shape index (κ2) is 4.11. The lowest BCUT2D eigenvalue weighted by atomic mass is 9.87. The van der Waals surface area contributed by atoms with Gasteiger partial charge in [0.1, 0.15) is 0 Å². The van der Waals surface area contributed by atoms with Crippen molar-refractivity contribution < 1.29 is 5.11 Å². The van der Waals surface area contributed by atoms with Gasteiger partial charge in [-0.25, -0.2) is 0 Å². The average Bonchev–Trinajstić information content (AvgIpc) is 2.60. The van der Waals surface area contributed by atoms with Crippen LogP contribution >= 0.6 is 11.6 Å². The number of rotatable bonds is 3. The SMILES string of the molecule is CC(C)(CO)Cc1c[nH]c2cc(Cl)ccc12. The third kappa shape index (κ3) is 2.23. The number of hydrogen-bond donors (Lipinski definition) is 2. The van der Waals surface area contributed by atoms with Crippen molar-refractivity contribution in [3.05, 3.63) is 35.0 Å². The van der Waals surface area contributed by atoms with E-state index in [-0.39, 0.29) is 12.0 Å². The number of aromatic nitrogens is 1. The Morgan fingerprint density at radius 3 is 2.81 bits per heavy atom. The number of nitrogens with one attached hydrogen (secondary N) is 1. The van der Waals surface area contributed by atoms with Crippen LogP contribution in [-0.2, 0) is 6.42 Å². The van der Waals surface area contributed by atoms with Crippen LogP contribution in [0.4, 0.5) is 0 Å². The first-order valence-corrected chi connectivity index (χ1v) is 5.76. The maximum Gasteiger partial charge on any atom is 0.0485 e. The van der Waals surface area contributed by atoms with Crippen LogP contribution in [0.15, 0.2) is 24.4 Å². The minimum Gasteiger partial charge on any atom is -0.396 e. The standard InChI is InChI=1S/C13H16ClNO/c1-13(2,8-16)6-9-7-15-12-5-10(14)3-4-11(9)12/h3-5,7,15-16H,6,8H2,1-2H3. The van der Waals surface area contributed by atoms with Crippen LogP contribution in [-0.4, -0.2) is 16.7 Å². The Morgan fingerprint density at radius 2 is 2.12 bits per heavy atom. The van der Waals surface area contributed by atoms with Crippen LogP contribution in [0.25, 0.3) is 10.9 Å². The van der Waals surface area contributed by atoms with E-state index < -0.39 is 0 Å². The molecule has 0 atom stereocenters. The van der Waals surface area contributed by atoms with E-state index in [9.17, 15) is 5.11 Å². The average molecular weight is 238 g/mol. The normalized spacial score (nSPS) is 12.2. The first-order chi connectivity index (χ1) is 7.52. The van der Waals surface area contributed by atoms with E-state index >= 15 is 0 Å². The van der Waals surface area contributed by atoms with E-state index in [0.717, 1.165) is 17.0 Å². The van der Waals surface area contributed by atoms with Gasteiger partial charge in [0.2, 0.25) is 0 Å². The summed E-state index contributed by atoms with van der Waals surface area (Å²) in [5.74, 6) is 0. The van der Waals surface area contributed by atoms with Gasteiger partial charge >= 0.3 is 0 Å². The second-order valence-corrected chi connectivity index (χ2v) is 5.44. The van der Waals surface area contributed by atoms with Crippen molar-refractivity contribution in [3.63, 3.8) is 0 Å². The first-order valence-electron chi connectivity index (χ1n) is 5.38. The topological polar surface area (TPSA) is 36.0 Å². The number of aliphatic hydroxyl groups is 1. The molecule has 0 saturated heterocycles. The lowest BCUT2D eigenvalue weighted by Crippen LogP contribution is -2.19. The van der Waals surface area contributed by atoms with Crippen molar-refractivity contribution in [1.29, 1.82) is 0 Å². The summed E-state index contributed by atoms with van der Waals surface area (Å²) < 4.78 is 0. The Balaban J connectivity index is 2.39. The molecule has 0 aliphatic rings. The molecule has 0 radical (unpaired) electrons. The zero-order valence-corrected chi connectivity index (χ0v) is 10.3. The molecular weight excluding hydrogens is 222 g/mol. The minimum absolute atomic E-state index is 0.0885. The van der Waals surface area contributed by atoms with Gasteiger partial charge in [-0.15, -0.1) is 0 Å². The van der Waals surface area contributed by atoms with Crippen molar-refractivity contribution in [2.24, 2.45) is 5.41 Å². The van der Waals surface area contributed by atoms with Gasteiger partial charge in [0, 0.05) is 28.7 Å². The maximum absolute atomic E-state index is 9.28. The van der Waals surface area contributed by atoms with E-state index in [2.05, 4.69) is 18.8 Å². The summed E-state index contributed by atoms with van der Waals surface area (Å²) in [4.78, 5) is 3.21. The molecule has 0 amide bonds. The van der Waals surface area contributed by atoms with Gasteiger partial charge in [0.15, 0.2) is 0 Å². The Labute approximate surface area is 100 Å². The second-order valence-electron chi connectivity index (χ2n) is 5.00. The molecule has 0 aliphatic heterocycles. The highest BCUT2D eigenvalue weighted by atomic mass is 35.5. The Hall–Kier alpha value is -0.990. The predicted octanol–water partition coefficient (Wildman–Crippen LogP) is 3.38. The molecule has 86 valence electrons. The molecule has 0 bridgehead atoms. The number of halogens is 1. The first kappa shape index (κ1) is 11.5. The summed E-state index contributed by atoms with van der Waals surface area (Å²) in [6, 6.07) is 5.84. The van der Waals surface area contributed by atoms with Crippen LogP contribution in [0.2, 0.25) is 5.02 Å². The zero-order valence-electron chi connectivity index (χ0n) is 9.55. The van der Waals surface area contributed by atoms with Gasteiger partial charge in [-0.3, -0.25) is 0 Å². The van der Waals surface area contributed by atoms with Crippen molar-refractivity contribution in [2.45, 2.75) is 20.3 Å². The van der Waals surface area contributed by atoms with Crippen LogP contribution in [0.1, 0.15) is 19.4 Å². The molecule has 2 nitrogen and oxygen atoms in total. The van der Waals surface area contributed by atoms with Gasteiger partial charge < -0.3 is 10.1 Å². The molecule has 2 N–H and O–H groups in total. The summed E-state index contributed by atoms with van der Waals surface area (Å²) >= 11 is 5.93. The monoisotopic (exact) mass is 237 g/mol. The number of H-pyrrole nitrogens is 1. The minimum atomic E-state index is -0.0885. The molecule has 0 fully saturated rings. The number of aromatic amines is 1. The van der Waals surface area contributed by atoms with Gasteiger partial charge in [0.25, 0.3) is 0 Å². The molecule has 16 heavy (non-hydrogen) atoms. The van der Waals surface area contributed by atoms with Gasteiger partial charge in [-0.1, -0.05) is 31.5 Å². The van der Waals surface area contributed by atoms with Crippen LogP contribution in [0.3, 0.4) is 0 Å². The Bertz CT molecular complexity index is 502. The fourth-order valence-corrected chi connectivity index (χ4v) is 2.05. The fourth-order valence-electron chi connectivity index (χ4n) is 1.88. The highest BCUT2D eigenvalue weighted by Gasteiger charge is 2.19. The van der Waals surface area contributed by atoms with E-state index in [1.165, 1.54) is 10.9 Å². The van der Waals surface area contributed by atoms with Gasteiger partial charge in [0.05, 0.1) is 0 Å². The molecule has 0 unspecified atom stereocenters. The molecular formula is C13H16ClNO. The summed E-state index contributed by atoms with van der Waals surface area (Å²) in [7, 11) is 0. The van der Waals surface area contributed by atoms with Crippen LogP contribution in [0, 0.1) is 5.41 Å².